The molecule has 0 aliphatic heterocycles. The lowest BCUT2D eigenvalue weighted by Crippen LogP contribution is -2.18. The number of nitrogens with zero attached hydrogens (tertiary/aromatic N) is 1. The van der Waals surface area contributed by atoms with Crippen LogP contribution in [0.5, 0.6) is 0 Å². The zero-order valence-corrected chi connectivity index (χ0v) is 9.72. The van der Waals surface area contributed by atoms with E-state index >= 15 is 0 Å². The second-order valence-electron chi connectivity index (χ2n) is 3.72. The fourth-order valence-electron chi connectivity index (χ4n) is 1.48. The van der Waals surface area contributed by atoms with Crippen molar-refractivity contribution in [2.45, 2.75) is 25.8 Å². The third-order valence-electron chi connectivity index (χ3n) is 2.28. The van der Waals surface area contributed by atoms with Gasteiger partial charge in [-0.15, -0.1) is 0 Å². The van der Waals surface area contributed by atoms with Gasteiger partial charge in [0.1, 0.15) is 0 Å². The average molecular weight is 212 g/mol. The highest BCUT2D eigenvalue weighted by Crippen LogP contribution is 2.08. The summed E-state index contributed by atoms with van der Waals surface area (Å²) >= 11 is 1.77. The Morgan fingerprint density at radius 2 is 2.21 bits per heavy atom. The second kappa shape index (κ2) is 6.98. The fraction of sp³-hybridized carbons (Fsp3) is 0.636. The second-order valence-corrected chi connectivity index (χ2v) is 4.50. The molecule has 0 saturated heterocycles. The molecule has 0 amide bonds. The standard InChI is InChI=1S/C11H20N2S/c1-13(7-4-2-3-6-12)9-11-5-8-14-10-11/h5,8,10H,2-4,6-7,9,12H2,1H3. The first kappa shape index (κ1) is 11.7. The molecule has 80 valence electrons. The van der Waals surface area contributed by atoms with Crippen molar-refractivity contribution in [2.75, 3.05) is 20.1 Å². The molecule has 0 radical (unpaired) electrons. The fourth-order valence-corrected chi connectivity index (χ4v) is 2.14. The minimum atomic E-state index is 0.828. The van der Waals surface area contributed by atoms with Gasteiger partial charge in [0, 0.05) is 6.54 Å². The van der Waals surface area contributed by atoms with Crippen LogP contribution in [0.15, 0.2) is 16.8 Å². The molecular weight excluding hydrogens is 192 g/mol. The van der Waals surface area contributed by atoms with Crippen LogP contribution in [-0.4, -0.2) is 25.0 Å². The van der Waals surface area contributed by atoms with Gasteiger partial charge in [0.2, 0.25) is 0 Å². The Bertz CT molecular complexity index is 221. The SMILES string of the molecule is CN(CCCCCN)Cc1ccsc1. The van der Waals surface area contributed by atoms with Crippen LogP contribution in [-0.2, 0) is 6.54 Å². The summed E-state index contributed by atoms with van der Waals surface area (Å²) < 4.78 is 0. The van der Waals surface area contributed by atoms with E-state index < -0.39 is 0 Å². The van der Waals surface area contributed by atoms with E-state index in [9.17, 15) is 0 Å². The van der Waals surface area contributed by atoms with Gasteiger partial charge < -0.3 is 10.6 Å². The highest BCUT2D eigenvalue weighted by Gasteiger charge is 1.99. The molecule has 1 rings (SSSR count). The first-order valence-corrected chi connectivity index (χ1v) is 6.17. The molecule has 3 heteroatoms. The Morgan fingerprint density at radius 3 is 2.86 bits per heavy atom. The summed E-state index contributed by atoms with van der Waals surface area (Å²) in [6.07, 6.45) is 3.68. The molecule has 1 heterocycles. The Labute approximate surface area is 90.7 Å². The topological polar surface area (TPSA) is 29.3 Å². The van der Waals surface area contributed by atoms with Gasteiger partial charge in [0.05, 0.1) is 0 Å². The van der Waals surface area contributed by atoms with Crippen molar-refractivity contribution >= 4 is 11.3 Å². The maximum absolute atomic E-state index is 5.44. The van der Waals surface area contributed by atoms with Crippen molar-refractivity contribution in [3.63, 3.8) is 0 Å². The predicted octanol–water partition coefficient (Wildman–Crippen LogP) is 2.31. The van der Waals surface area contributed by atoms with Gasteiger partial charge in [-0.2, -0.15) is 11.3 Å². The molecule has 0 bridgehead atoms. The number of nitrogens with two attached hydrogens (primary N) is 1. The van der Waals surface area contributed by atoms with E-state index in [1.54, 1.807) is 11.3 Å². The third kappa shape index (κ3) is 4.74. The van der Waals surface area contributed by atoms with Crippen molar-refractivity contribution in [3.05, 3.63) is 22.4 Å². The molecule has 0 spiro atoms. The molecule has 1 aromatic rings. The summed E-state index contributed by atoms with van der Waals surface area (Å²) in [5.74, 6) is 0. The minimum Gasteiger partial charge on any atom is -0.330 e. The van der Waals surface area contributed by atoms with Gasteiger partial charge >= 0.3 is 0 Å². The van der Waals surface area contributed by atoms with Crippen LogP contribution >= 0.6 is 11.3 Å². The van der Waals surface area contributed by atoms with E-state index in [-0.39, 0.29) is 0 Å². The Hall–Kier alpha value is -0.380. The lowest BCUT2D eigenvalue weighted by Gasteiger charge is -2.15. The van der Waals surface area contributed by atoms with Crippen LogP contribution in [0.3, 0.4) is 0 Å². The van der Waals surface area contributed by atoms with Gasteiger partial charge in [-0.05, 0) is 55.4 Å². The minimum absolute atomic E-state index is 0.828. The molecule has 0 aliphatic carbocycles. The first-order valence-electron chi connectivity index (χ1n) is 5.22. The molecule has 0 unspecified atom stereocenters. The molecule has 14 heavy (non-hydrogen) atoms. The normalized spacial score (nSPS) is 11.1. The number of hydrogen-bond acceptors (Lipinski definition) is 3. The number of hydrogen-bond donors (Lipinski definition) is 1. The smallest absolute Gasteiger partial charge is 0.0238 e. The molecule has 2 nitrogen and oxygen atoms in total. The van der Waals surface area contributed by atoms with Gasteiger partial charge in [-0.1, -0.05) is 6.42 Å². The molecule has 0 aliphatic rings. The summed E-state index contributed by atoms with van der Waals surface area (Å²) in [7, 11) is 2.18. The molecule has 0 aromatic carbocycles. The van der Waals surface area contributed by atoms with E-state index in [1.165, 1.54) is 24.9 Å². The van der Waals surface area contributed by atoms with Gasteiger partial charge in [-0.3, -0.25) is 0 Å². The summed E-state index contributed by atoms with van der Waals surface area (Å²) in [6, 6.07) is 2.20. The van der Waals surface area contributed by atoms with E-state index in [4.69, 9.17) is 5.73 Å². The zero-order chi connectivity index (χ0) is 10.2. The average Bonchev–Trinajstić information content (AvgIpc) is 2.65. The molecule has 0 fully saturated rings. The Balaban J connectivity index is 2.07. The quantitative estimate of drug-likeness (QED) is 0.703. The Kier molecular flexibility index (Phi) is 5.83. The molecule has 1 aromatic heterocycles. The summed E-state index contributed by atoms with van der Waals surface area (Å²) in [5, 5.41) is 4.36. The van der Waals surface area contributed by atoms with Crippen LogP contribution in [0.25, 0.3) is 0 Å². The van der Waals surface area contributed by atoms with Crippen LogP contribution in [0.4, 0.5) is 0 Å². The predicted molar refractivity (Wildman–Crippen MR) is 63.6 cm³/mol. The molecule has 2 N–H and O–H groups in total. The number of thiophene rings is 1. The number of rotatable bonds is 7. The van der Waals surface area contributed by atoms with Crippen molar-refractivity contribution in [1.82, 2.24) is 4.90 Å². The summed E-state index contributed by atoms with van der Waals surface area (Å²) in [4.78, 5) is 2.37. The maximum atomic E-state index is 5.44. The zero-order valence-electron chi connectivity index (χ0n) is 8.91. The van der Waals surface area contributed by atoms with Gasteiger partial charge in [0.15, 0.2) is 0 Å². The highest BCUT2D eigenvalue weighted by atomic mass is 32.1. The van der Waals surface area contributed by atoms with Crippen LogP contribution < -0.4 is 5.73 Å². The van der Waals surface area contributed by atoms with Gasteiger partial charge in [0.25, 0.3) is 0 Å². The van der Waals surface area contributed by atoms with Crippen molar-refractivity contribution in [1.29, 1.82) is 0 Å². The first-order chi connectivity index (χ1) is 6.83. The lowest BCUT2D eigenvalue weighted by atomic mass is 10.2. The van der Waals surface area contributed by atoms with Gasteiger partial charge in [-0.25, -0.2) is 0 Å². The Morgan fingerprint density at radius 1 is 1.36 bits per heavy atom. The van der Waals surface area contributed by atoms with Crippen molar-refractivity contribution in [3.8, 4) is 0 Å². The number of unbranched alkanes of at least 4 members (excludes halogenated alkanes) is 2. The largest absolute Gasteiger partial charge is 0.330 e. The third-order valence-corrected chi connectivity index (χ3v) is 3.01. The van der Waals surface area contributed by atoms with E-state index in [0.717, 1.165) is 19.5 Å². The molecular formula is C11H20N2S. The van der Waals surface area contributed by atoms with E-state index in [2.05, 4.69) is 28.8 Å². The molecule has 0 atom stereocenters. The van der Waals surface area contributed by atoms with E-state index in [1.807, 2.05) is 0 Å². The van der Waals surface area contributed by atoms with Crippen LogP contribution in [0.2, 0.25) is 0 Å². The van der Waals surface area contributed by atoms with Crippen molar-refractivity contribution < 1.29 is 0 Å². The molecule has 0 saturated carbocycles. The van der Waals surface area contributed by atoms with Crippen molar-refractivity contribution in [2.24, 2.45) is 5.73 Å². The highest BCUT2D eigenvalue weighted by molar-refractivity contribution is 7.07. The van der Waals surface area contributed by atoms with Crippen LogP contribution in [0.1, 0.15) is 24.8 Å². The van der Waals surface area contributed by atoms with E-state index in [0.29, 0.717) is 0 Å². The summed E-state index contributed by atoms with van der Waals surface area (Å²) in [6.45, 7) is 3.08. The maximum Gasteiger partial charge on any atom is 0.0238 e. The lowest BCUT2D eigenvalue weighted by molar-refractivity contribution is 0.318. The monoisotopic (exact) mass is 212 g/mol. The van der Waals surface area contributed by atoms with Crippen LogP contribution in [0, 0.1) is 0 Å². The summed E-state index contributed by atoms with van der Waals surface area (Å²) in [5.41, 5.74) is 6.87.